The van der Waals surface area contributed by atoms with Gasteiger partial charge >= 0.3 is 0 Å². The molecule has 0 saturated heterocycles. The lowest BCUT2D eigenvalue weighted by Crippen LogP contribution is -2.10. The number of benzene rings is 2. The summed E-state index contributed by atoms with van der Waals surface area (Å²) < 4.78 is 0. The van der Waals surface area contributed by atoms with E-state index >= 15 is 0 Å². The summed E-state index contributed by atoms with van der Waals surface area (Å²) in [5, 5.41) is 0. The molecular weight excluding hydrogens is 232 g/mol. The second kappa shape index (κ2) is 5.40. The van der Waals surface area contributed by atoms with Crippen LogP contribution in [0.15, 0.2) is 54.6 Å². The van der Waals surface area contributed by atoms with E-state index in [0.717, 1.165) is 11.1 Å². The van der Waals surface area contributed by atoms with Crippen molar-refractivity contribution in [2.75, 3.05) is 0 Å². The maximum Gasteiger partial charge on any atom is 0.167 e. The van der Waals surface area contributed by atoms with Gasteiger partial charge in [0.2, 0.25) is 0 Å². The molecule has 0 heterocycles. The molecule has 0 atom stereocenters. The van der Waals surface area contributed by atoms with Gasteiger partial charge in [0, 0.05) is 12.0 Å². The summed E-state index contributed by atoms with van der Waals surface area (Å²) in [6, 6.07) is 18.2. The third kappa shape index (κ3) is 2.76. The summed E-state index contributed by atoms with van der Waals surface area (Å²) in [6.45, 7) is 0. The lowest BCUT2D eigenvalue weighted by molar-refractivity contribution is 0.0993. The third-order valence-corrected chi connectivity index (χ3v) is 3.99. The van der Waals surface area contributed by atoms with Crippen molar-refractivity contribution in [2.45, 2.75) is 31.6 Å². The molecule has 1 heteroatoms. The second-order valence-corrected chi connectivity index (χ2v) is 5.34. The highest BCUT2D eigenvalue weighted by Gasteiger charge is 2.20. The van der Waals surface area contributed by atoms with Crippen LogP contribution in [0.1, 0.15) is 46.7 Å². The van der Waals surface area contributed by atoms with Gasteiger partial charge < -0.3 is 0 Å². The minimum Gasteiger partial charge on any atom is -0.294 e. The van der Waals surface area contributed by atoms with E-state index in [2.05, 4.69) is 12.1 Å². The molecule has 1 saturated carbocycles. The highest BCUT2D eigenvalue weighted by atomic mass is 16.1. The van der Waals surface area contributed by atoms with E-state index in [1.54, 1.807) is 0 Å². The summed E-state index contributed by atoms with van der Waals surface area (Å²) in [6.07, 6.45) is 4.37. The Hall–Kier alpha value is -1.89. The first-order chi connectivity index (χ1) is 9.33. The zero-order valence-corrected chi connectivity index (χ0v) is 11.0. The lowest BCUT2D eigenvalue weighted by atomic mass is 9.79. The summed E-state index contributed by atoms with van der Waals surface area (Å²) in [7, 11) is 0. The van der Waals surface area contributed by atoms with Crippen molar-refractivity contribution >= 4 is 5.78 Å². The van der Waals surface area contributed by atoms with E-state index in [1.807, 2.05) is 42.5 Å². The zero-order valence-electron chi connectivity index (χ0n) is 11.0. The maximum absolute atomic E-state index is 12.3. The Balaban J connectivity index is 1.76. The number of carbonyl (C=O) groups is 1. The second-order valence-electron chi connectivity index (χ2n) is 5.34. The van der Waals surface area contributed by atoms with Crippen LogP contribution in [-0.2, 0) is 6.42 Å². The molecule has 0 radical (unpaired) electrons. The van der Waals surface area contributed by atoms with Gasteiger partial charge in [0.05, 0.1) is 0 Å². The zero-order chi connectivity index (χ0) is 13.1. The first-order valence-electron chi connectivity index (χ1n) is 7.00. The van der Waals surface area contributed by atoms with Gasteiger partial charge in [0.25, 0.3) is 0 Å². The van der Waals surface area contributed by atoms with Crippen LogP contribution in [-0.4, -0.2) is 5.78 Å². The standard InChI is InChI=1S/C18H18O/c19-18(12-14-6-2-1-3-7-14)17-11-5-10-16(13-17)15-8-4-9-15/h1-3,5-7,10-11,13,15H,4,8-9,12H2. The van der Waals surface area contributed by atoms with Gasteiger partial charge in [-0.25, -0.2) is 0 Å². The quantitative estimate of drug-likeness (QED) is 0.736. The molecule has 0 aromatic heterocycles. The monoisotopic (exact) mass is 250 g/mol. The summed E-state index contributed by atoms with van der Waals surface area (Å²) in [4.78, 5) is 12.3. The van der Waals surface area contributed by atoms with Crippen molar-refractivity contribution in [2.24, 2.45) is 0 Å². The fourth-order valence-corrected chi connectivity index (χ4v) is 2.59. The van der Waals surface area contributed by atoms with Crippen molar-refractivity contribution < 1.29 is 4.79 Å². The van der Waals surface area contributed by atoms with Crippen LogP contribution in [0.5, 0.6) is 0 Å². The van der Waals surface area contributed by atoms with E-state index in [9.17, 15) is 4.79 Å². The average molecular weight is 250 g/mol. The molecule has 19 heavy (non-hydrogen) atoms. The van der Waals surface area contributed by atoms with Gasteiger partial charge in [-0.3, -0.25) is 4.79 Å². The first kappa shape index (κ1) is 12.2. The first-order valence-corrected chi connectivity index (χ1v) is 7.00. The summed E-state index contributed by atoms with van der Waals surface area (Å²) >= 11 is 0. The molecule has 3 rings (SSSR count). The molecule has 1 aliphatic rings. The Bertz CT molecular complexity index is 567. The third-order valence-electron chi connectivity index (χ3n) is 3.99. The van der Waals surface area contributed by atoms with Gasteiger partial charge in [0.1, 0.15) is 0 Å². The fourth-order valence-electron chi connectivity index (χ4n) is 2.59. The average Bonchev–Trinajstić information content (AvgIpc) is 2.38. The van der Waals surface area contributed by atoms with Crippen molar-refractivity contribution in [3.63, 3.8) is 0 Å². The van der Waals surface area contributed by atoms with E-state index in [1.165, 1.54) is 24.8 Å². The van der Waals surface area contributed by atoms with Crippen LogP contribution in [0.3, 0.4) is 0 Å². The molecule has 96 valence electrons. The van der Waals surface area contributed by atoms with Crippen LogP contribution in [0.4, 0.5) is 0 Å². The van der Waals surface area contributed by atoms with E-state index < -0.39 is 0 Å². The number of hydrogen-bond donors (Lipinski definition) is 0. The maximum atomic E-state index is 12.3. The van der Waals surface area contributed by atoms with Crippen LogP contribution in [0.25, 0.3) is 0 Å². The van der Waals surface area contributed by atoms with Crippen molar-refractivity contribution in [1.29, 1.82) is 0 Å². The molecule has 0 amide bonds. The van der Waals surface area contributed by atoms with Gasteiger partial charge in [-0.05, 0) is 36.0 Å². The number of hydrogen-bond acceptors (Lipinski definition) is 1. The Morgan fingerprint density at radius 2 is 1.79 bits per heavy atom. The number of carbonyl (C=O) groups excluding carboxylic acids is 1. The molecule has 2 aromatic rings. The minimum atomic E-state index is 0.215. The normalized spacial score (nSPS) is 14.9. The smallest absolute Gasteiger partial charge is 0.167 e. The molecule has 0 bridgehead atoms. The summed E-state index contributed by atoms with van der Waals surface area (Å²) in [5.41, 5.74) is 3.28. The lowest BCUT2D eigenvalue weighted by Gasteiger charge is -2.26. The SMILES string of the molecule is O=C(Cc1ccccc1)c1cccc(C2CCC2)c1. The van der Waals surface area contributed by atoms with Crippen molar-refractivity contribution in [1.82, 2.24) is 0 Å². The van der Waals surface area contributed by atoms with Gasteiger partial charge in [0.15, 0.2) is 5.78 Å². The van der Waals surface area contributed by atoms with Crippen molar-refractivity contribution in [3.05, 3.63) is 71.3 Å². The molecule has 0 aliphatic heterocycles. The van der Waals surface area contributed by atoms with Crippen LogP contribution in [0.2, 0.25) is 0 Å². The van der Waals surface area contributed by atoms with Gasteiger partial charge in [-0.15, -0.1) is 0 Å². The van der Waals surface area contributed by atoms with Gasteiger partial charge in [-0.2, -0.15) is 0 Å². The molecule has 1 aliphatic carbocycles. The molecule has 2 aromatic carbocycles. The largest absolute Gasteiger partial charge is 0.294 e. The predicted molar refractivity (Wildman–Crippen MR) is 77.5 cm³/mol. The van der Waals surface area contributed by atoms with Crippen LogP contribution in [0, 0.1) is 0 Å². The molecular formula is C18H18O. The highest BCUT2D eigenvalue weighted by Crippen LogP contribution is 2.36. The molecule has 1 nitrogen and oxygen atoms in total. The molecule has 0 spiro atoms. The minimum absolute atomic E-state index is 0.215. The van der Waals surface area contributed by atoms with E-state index in [0.29, 0.717) is 12.3 Å². The van der Waals surface area contributed by atoms with Crippen LogP contribution >= 0.6 is 0 Å². The predicted octanol–water partition coefficient (Wildman–Crippen LogP) is 4.38. The molecule has 0 N–H and O–H groups in total. The Morgan fingerprint density at radius 1 is 1.00 bits per heavy atom. The van der Waals surface area contributed by atoms with E-state index in [4.69, 9.17) is 0 Å². The van der Waals surface area contributed by atoms with Crippen LogP contribution < -0.4 is 0 Å². The number of Topliss-reactive ketones (excluding diaryl/α,β-unsaturated/α-hetero) is 1. The number of rotatable bonds is 4. The molecule has 0 unspecified atom stereocenters. The summed E-state index contributed by atoms with van der Waals surface area (Å²) in [5.74, 6) is 0.900. The molecule has 1 fully saturated rings. The number of ketones is 1. The van der Waals surface area contributed by atoms with Crippen molar-refractivity contribution in [3.8, 4) is 0 Å². The topological polar surface area (TPSA) is 17.1 Å². The Labute approximate surface area is 114 Å². The van der Waals surface area contributed by atoms with Gasteiger partial charge in [-0.1, -0.05) is 55.0 Å². The highest BCUT2D eigenvalue weighted by molar-refractivity contribution is 5.97. The Kier molecular flexibility index (Phi) is 3.45. The Morgan fingerprint density at radius 3 is 2.47 bits per heavy atom. The fraction of sp³-hybridized carbons (Fsp3) is 0.278. The van der Waals surface area contributed by atoms with E-state index in [-0.39, 0.29) is 5.78 Å².